The lowest BCUT2D eigenvalue weighted by atomic mass is 9.49. The number of aliphatic carboxylic acids is 1. The second-order valence-electron chi connectivity index (χ2n) is 11.3. The number of carboxylic acid groups (broad SMARTS) is 1. The maximum atomic E-state index is 13.3. The quantitative estimate of drug-likeness (QED) is 0.699. The van der Waals surface area contributed by atoms with Crippen LogP contribution in [-0.4, -0.2) is 46.1 Å². The first kappa shape index (κ1) is 21.1. The highest BCUT2D eigenvalue weighted by Crippen LogP contribution is 2.59. The molecule has 1 amide bonds. The monoisotopic (exact) mass is 451 g/mol. The number of hydrogen-bond donors (Lipinski definition) is 2. The molecule has 1 aliphatic heterocycles. The molecule has 33 heavy (non-hydrogen) atoms. The first-order valence-corrected chi connectivity index (χ1v) is 12.5. The van der Waals surface area contributed by atoms with Gasteiger partial charge < -0.3 is 15.2 Å². The van der Waals surface area contributed by atoms with Crippen molar-refractivity contribution in [1.29, 1.82) is 0 Å². The Bertz CT molecular complexity index is 1050. The van der Waals surface area contributed by atoms with Gasteiger partial charge in [-0.3, -0.25) is 14.0 Å². The average Bonchev–Trinajstić information content (AvgIpc) is 3.19. The molecule has 2 aromatic heterocycles. The zero-order valence-electron chi connectivity index (χ0n) is 19.1. The molecule has 2 N–H and O–H groups in total. The van der Waals surface area contributed by atoms with Crippen LogP contribution in [0.5, 0.6) is 0 Å². The molecule has 4 aliphatic carbocycles. The van der Waals surface area contributed by atoms with Gasteiger partial charge >= 0.3 is 5.97 Å². The van der Waals surface area contributed by atoms with Gasteiger partial charge in [-0.25, -0.2) is 4.98 Å². The molecule has 7 heteroatoms. The van der Waals surface area contributed by atoms with Crippen molar-refractivity contribution in [3.8, 4) is 0 Å². The third kappa shape index (κ3) is 3.74. The molecule has 0 atom stereocenters. The van der Waals surface area contributed by atoms with E-state index >= 15 is 0 Å². The highest BCUT2D eigenvalue weighted by atomic mass is 16.5. The van der Waals surface area contributed by atoms with E-state index in [2.05, 4.69) is 10.3 Å². The van der Waals surface area contributed by atoms with Crippen molar-refractivity contribution in [2.45, 2.75) is 57.8 Å². The smallest absolute Gasteiger partial charge is 0.310 e. The molecule has 7 nitrogen and oxygen atoms in total. The Morgan fingerprint density at radius 2 is 1.76 bits per heavy atom. The third-order valence-corrected chi connectivity index (χ3v) is 8.99. The zero-order chi connectivity index (χ0) is 22.6. The number of nitrogens with zero attached hydrogens (tertiary/aromatic N) is 2. The summed E-state index contributed by atoms with van der Waals surface area (Å²) < 4.78 is 7.21. The first-order chi connectivity index (χ1) is 15.9. The SMILES string of the molecule is O=C(NCC12CC3CC(CC(C3)C1)C2)c1cccc2nc(CC3(C(=O)O)CCOCC3)cn12. The fourth-order valence-corrected chi connectivity index (χ4v) is 7.77. The van der Waals surface area contributed by atoms with E-state index in [1.807, 2.05) is 28.8 Å². The van der Waals surface area contributed by atoms with Crippen molar-refractivity contribution >= 4 is 17.5 Å². The van der Waals surface area contributed by atoms with Gasteiger partial charge in [0.1, 0.15) is 11.3 Å². The number of hydrogen-bond acceptors (Lipinski definition) is 4. The van der Waals surface area contributed by atoms with Crippen molar-refractivity contribution in [1.82, 2.24) is 14.7 Å². The van der Waals surface area contributed by atoms with Crippen LogP contribution in [0.15, 0.2) is 24.4 Å². The standard InChI is InChI=1S/C26H33N3O4/c30-23(27-16-25-11-17-8-18(12-25)10-19(9-17)13-25)21-2-1-3-22-28-20(15-29(21)22)14-26(24(31)32)4-6-33-7-5-26/h1-3,15,17-19H,4-14,16H2,(H,27,30)(H,31,32). The molecular formula is C26H33N3O4. The molecule has 2 aromatic rings. The van der Waals surface area contributed by atoms with Gasteiger partial charge in [-0.1, -0.05) is 6.07 Å². The molecule has 0 radical (unpaired) electrons. The predicted octanol–water partition coefficient (Wildman–Crippen LogP) is 3.70. The Balaban J connectivity index is 1.20. The van der Waals surface area contributed by atoms with Crippen LogP contribution in [-0.2, 0) is 16.0 Å². The summed E-state index contributed by atoms with van der Waals surface area (Å²) in [4.78, 5) is 30.0. The van der Waals surface area contributed by atoms with E-state index in [0.717, 1.165) is 24.3 Å². The number of pyridine rings is 1. The zero-order valence-corrected chi connectivity index (χ0v) is 19.1. The van der Waals surface area contributed by atoms with Crippen molar-refractivity contribution in [3.63, 3.8) is 0 Å². The van der Waals surface area contributed by atoms with Crippen molar-refractivity contribution in [2.75, 3.05) is 19.8 Å². The molecular weight excluding hydrogens is 418 g/mol. The molecule has 5 aliphatic rings. The van der Waals surface area contributed by atoms with Crippen molar-refractivity contribution in [3.05, 3.63) is 35.8 Å². The number of carbonyl (C=O) groups is 2. The summed E-state index contributed by atoms with van der Waals surface area (Å²) in [7, 11) is 0. The van der Waals surface area contributed by atoms with E-state index in [1.54, 1.807) is 0 Å². The Morgan fingerprint density at radius 3 is 2.39 bits per heavy atom. The molecule has 4 bridgehead atoms. The number of imidazole rings is 1. The minimum Gasteiger partial charge on any atom is -0.481 e. The molecule has 0 unspecified atom stereocenters. The maximum absolute atomic E-state index is 13.3. The van der Waals surface area contributed by atoms with Crippen LogP contribution in [0.4, 0.5) is 0 Å². The molecule has 1 saturated heterocycles. The minimum absolute atomic E-state index is 0.0701. The van der Waals surface area contributed by atoms with E-state index in [1.165, 1.54) is 38.5 Å². The summed E-state index contributed by atoms with van der Waals surface area (Å²) in [6.07, 6.45) is 11.1. The summed E-state index contributed by atoms with van der Waals surface area (Å²) in [5.41, 5.74) is 1.39. The summed E-state index contributed by atoms with van der Waals surface area (Å²) in [5, 5.41) is 13.2. The van der Waals surface area contributed by atoms with Crippen LogP contribution in [0.2, 0.25) is 0 Å². The molecule has 5 fully saturated rings. The topological polar surface area (TPSA) is 92.9 Å². The maximum Gasteiger partial charge on any atom is 0.310 e. The summed E-state index contributed by atoms with van der Waals surface area (Å²) in [6, 6.07) is 5.55. The van der Waals surface area contributed by atoms with Crippen molar-refractivity contribution in [2.24, 2.45) is 28.6 Å². The molecule has 0 aromatic carbocycles. The van der Waals surface area contributed by atoms with Gasteiger partial charge in [-0.05, 0) is 86.7 Å². The third-order valence-electron chi connectivity index (χ3n) is 8.99. The highest BCUT2D eigenvalue weighted by molar-refractivity contribution is 5.93. The van der Waals surface area contributed by atoms with Gasteiger partial charge in [0.15, 0.2) is 0 Å². The molecule has 7 rings (SSSR count). The Kier molecular flexibility index (Phi) is 5.02. The lowest BCUT2D eigenvalue weighted by Gasteiger charge is -2.56. The van der Waals surface area contributed by atoms with E-state index in [0.29, 0.717) is 49.5 Å². The van der Waals surface area contributed by atoms with Gasteiger partial charge in [0.2, 0.25) is 0 Å². The second kappa shape index (κ2) is 7.83. The number of aromatic nitrogens is 2. The molecule has 176 valence electrons. The van der Waals surface area contributed by atoms with E-state index < -0.39 is 11.4 Å². The molecule has 0 spiro atoms. The summed E-state index contributed by atoms with van der Waals surface area (Å²) in [5.74, 6) is 1.72. The van der Waals surface area contributed by atoms with Gasteiger partial charge in [0.05, 0.1) is 11.1 Å². The predicted molar refractivity (Wildman–Crippen MR) is 122 cm³/mol. The van der Waals surface area contributed by atoms with E-state index in [9.17, 15) is 14.7 Å². The largest absolute Gasteiger partial charge is 0.481 e. The number of amides is 1. The Morgan fingerprint density at radius 1 is 1.09 bits per heavy atom. The average molecular weight is 452 g/mol. The summed E-state index contributed by atoms with van der Waals surface area (Å²) in [6.45, 7) is 1.67. The lowest BCUT2D eigenvalue weighted by Crippen LogP contribution is -2.51. The van der Waals surface area contributed by atoms with Gasteiger partial charge in [0.25, 0.3) is 5.91 Å². The van der Waals surface area contributed by atoms with Crippen LogP contribution < -0.4 is 5.32 Å². The number of nitrogens with one attached hydrogen (secondary N) is 1. The van der Waals surface area contributed by atoms with Crippen LogP contribution in [0, 0.1) is 28.6 Å². The second-order valence-corrected chi connectivity index (χ2v) is 11.3. The van der Waals surface area contributed by atoms with E-state index in [4.69, 9.17) is 4.74 Å². The number of carbonyl (C=O) groups excluding carboxylic acids is 1. The number of rotatable bonds is 6. The Labute approximate surface area is 193 Å². The highest BCUT2D eigenvalue weighted by Gasteiger charge is 2.50. The summed E-state index contributed by atoms with van der Waals surface area (Å²) >= 11 is 0. The van der Waals surface area contributed by atoms with Gasteiger partial charge in [-0.15, -0.1) is 0 Å². The lowest BCUT2D eigenvalue weighted by molar-refractivity contribution is -0.154. The number of fused-ring (bicyclic) bond motifs is 1. The van der Waals surface area contributed by atoms with Gasteiger partial charge in [0, 0.05) is 32.4 Å². The Hall–Kier alpha value is -2.41. The fourth-order valence-electron chi connectivity index (χ4n) is 7.77. The van der Waals surface area contributed by atoms with Crippen molar-refractivity contribution < 1.29 is 19.4 Å². The van der Waals surface area contributed by atoms with Crippen LogP contribution in [0.3, 0.4) is 0 Å². The van der Waals surface area contributed by atoms with E-state index in [-0.39, 0.29) is 11.3 Å². The number of ether oxygens (including phenoxy) is 1. The van der Waals surface area contributed by atoms with Crippen LogP contribution >= 0.6 is 0 Å². The van der Waals surface area contributed by atoms with Gasteiger partial charge in [-0.2, -0.15) is 0 Å². The van der Waals surface area contributed by atoms with Crippen LogP contribution in [0.25, 0.3) is 5.65 Å². The molecule has 4 saturated carbocycles. The minimum atomic E-state index is -0.850. The number of carboxylic acids is 1. The molecule has 3 heterocycles. The van der Waals surface area contributed by atoms with Crippen LogP contribution in [0.1, 0.15) is 67.5 Å². The normalized spacial score (nSPS) is 32.2. The first-order valence-electron chi connectivity index (χ1n) is 12.5. The fraction of sp³-hybridized carbons (Fsp3) is 0.654.